The second-order valence-corrected chi connectivity index (χ2v) is 5.81. The van der Waals surface area contributed by atoms with Crippen molar-refractivity contribution in [1.29, 1.82) is 5.26 Å². The van der Waals surface area contributed by atoms with Gasteiger partial charge in [0, 0.05) is 0 Å². The number of hydrogen-bond donors (Lipinski definition) is 2. The van der Waals surface area contributed by atoms with Crippen molar-refractivity contribution in [3.05, 3.63) is 0 Å². The van der Waals surface area contributed by atoms with Crippen LogP contribution in [0.25, 0.3) is 0 Å². The van der Waals surface area contributed by atoms with E-state index in [4.69, 9.17) is 10.00 Å². The van der Waals surface area contributed by atoms with Gasteiger partial charge in [-0.25, -0.2) is 0 Å². The molecule has 0 bridgehead atoms. The molecule has 1 saturated carbocycles. The van der Waals surface area contributed by atoms with E-state index < -0.39 is 5.41 Å². The molecule has 5 nitrogen and oxygen atoms in total. The van der Waals surface area contributed by atoms with Crippen LogP contribution >= 0.6 is 0 Å². The van der Waals surface area contributed by atoms with Crippen LogP contribution in [0.15, 0.2) is 0 Å². The Bertz CT molecular complexity index is 392. The highest BCUT2D eigenvalue weighted by molar-refractivity contribution is 5.88. The Morgan fingerprint density at radius 1 is 1.33 bits per heavy atom. The van der Waals surface area contributed by atoms with Crippen LogP contribution in [-0.4, -0.2) is 37.2 Å². The summed E-state index contributed by atoms with van der Waals surface area (Å²) in [6.07, 6.45) is 4.34. The maximum Gasteiger partial charge on any atom is 0.240 e. The fourth-order valence-corrected chi connectivity index (χ4v) is 3.01. The van der Waals surface area contributed by atoms with Crippen LogP contribution in [0.1, 0.15) is 32.1 Å². The summed E-state index contributed by atoms with van der Waals surface area (Å²) in [4.78, 5) is 12.0. The average Bonchev–Trinajstić information content (AvgIpc) is 3.11. The minimum atomic E-state index is -0.718. The Morgan fingerprint density at radius 2 is 2.06 bits per heavy atom. The van der Waals surface area contributed by atoms with Gasteiger partial charge in [0.25, 0.3) is 0 Å². The van der Waals surface area contributed by atoms with Crippen LogP contribution in [0, 0.1) is 16.7 Å². The standard InChI is InChI=1S/C13H19N3O2/c14-9-12(1-2-12)11(17)16-10-7-13(18-8-10)3-5-15-6-4-13/h10,15H,1-8H2,(H,16,17). The molecule has 1 aliphatic carbocycles. The molecule has 0 radical (unpaired) electrons. The highest BCUT2D eigenvalue weighted by Gasteiger charge is 2.52. The van der Waals surface area contributed by atoms with Gasteiger partial charge in [0.2, 0.25) is 5.91 Å². The predicted molar refractivity (Wildman–Crippen MR) is 64.6 cm³/mol. The summed E-state index contributed by atoms with van der Waals surface area (Å²) >= 11 is 0. The number of nitrogens with zero attached hydrogens (tertiary/aromatic N) is 1. The zero-order valence-electron chi connectivity index (χ0n) is 10.5. The molecule has 2 heterocycles. The Kier molecular flexibility index (Phi) is 2.80. The molecule has 1 atom stereocenters. The van der Waals surface area contributed by atoms with Gasteiger partial charge in [-0.05, 0) is 45.2 Å². The fourth-order valence-electron chi connectivity index (χ4n) is 3.01. The van der Waals surface area contributed by atoms with Crippen molar-refractivity contribution in [3.8, 4) is 6.07 Å². The van der Waals surface area contributed by atoms with Crippen molar-refractivity contribution >= 4 is 5.91 Å². The summed E-state index contributed by atoms with van der Waals surface area (Å²) in [7, 11) is 0. The zero-order chi connectivity index (χ0) is 12.6. The molecule has 2 saturated heterocycles. The van der Waals surface area contributed by atoms with Crippen LogP contribution in [-0.2, 0) is 9.53 Å². The van der Waals surface area contributed by atoms with E-state index in [9.17, 15) is 4.79 Å². The quantitative estimate of drug-likeness (QED) is 0.739. The second-order valence-electron chi connectivity index (χ2n) is 5.81. The van der Waals surface area contributed by atoms with E-state index in [0.717, 1.165) is 32.4 Å². The molecule has 5 heteroatoms. The maximum absolute atomic E-state index is 12.0. The van der Waals surface area contributed by atoms with E-state index in [1.54, 1.807) is 0 Å². The van der Waals surface area contributed by atoms with Crippen molar-refractivity contribution in [1.82, 2.24) is 10.6 Å². The second kappa shape index (κ2) is 4.22. The number of carbonyl (C=O) groups is 1. The van der Waals surface area contributed by atoms with E-state index in [1.807, 2.05) is 0 Å². The molecule has 3 aliphatic rings. The molecule has 1 unspecified atom stereocenters. The predicted octanol–water partition coefficient (Wildman–Crippen LogP) is 0.317. The maximum atomic E-state index is 12.0. The van der Waals surface area contributed by atoms with Gasteiger partial charge in [0.15, 0.2) is 0 Å². The molecule has 0 aromatic carbocycles. The molecule has 18 heavy (non-hydrogen) atoms. The molecule has 2 N–H and O–H groups in total. The Morgan fingerprint density at radius 3 is 2.67 bits per heavy atom. The van der Waals surface area contributed by atoms with Crippen LogP contribution < -0.4 is 10.6 Å². The smallest absolute Gasteiger partial charge is 0.240 e. The zero-order valence-corrected chi connectivity index (χ0v) is 10.5. The lowest BCUT2D eigenvalue weighted by Gasteiger charge is -2.32. The monoisotopic (exact) mass is 249 g/mol. The van der Waals surface area contributed by atoms with Crippen LogP contribution in [0.3, 0.4) is 0 Å². The van der Waals surface area contributed by atoms with Crippen molar-refractivity contribution in [3.63, 3.8) is 0 Å². The summed E-state index contributed by atoms with van der Waals surface area (Å²) in [5.74, 6) is -0.0930. The van der Waals surface area contributed by atoms with E-state index in [0.29, 0.717) is 19.4 Å². The van der Waals surface area contributed by atoms with Crippen molar-refractivity contribution in [2.75, 3.05) is 19.7 Å². The molecular formula is C13H19N3O2. The number of hydrogen-bond acceptors (Lipinski definition) is 4. The molecule has 3 rings (SSSR count). The van der Waals surface area contributed by atoms with Gasteiger partial charge < -0.3 is 15.4 Å². The largest absolute Gasteiger partial charge is 0.373 e. The minimum absolute atomic E-state index is 0.0352. The van der Waals surface area contributed by atoms with Gasteiger partial charge in [-0.15, -0.1) is 0 Å². The highest BCUT2D eigenvalue weighted by atomic mass is 16.5. The summed E-state index contributed by atoms with van der Waals surface area (Å²) < 4.78 is 5.92. The number of piperidine rings is 1. The van der Waals surface area contributed by atoms with Gasteiger partial charge in [-0.3, -0.25) is 4.79 Å². The molecule has 2 aliphatic heterocycles. The lowest BCUT2D eigenvalue weighted by molar-refractivity contribution is -0.125. The Labute approximate surface area is 107 Å². The van der Waals surface area contributed by atoms with Crippen molar-refractivity contribution < 1.29 is 9.53 Å². The highest BCUT2D eigenvalue weighted by Crippen LogP contribution is 2.45. The molecular weight excluding hydrogens is 230 g/mol. The number of ether oxygens (including phenoxy) is 1. The minimum Gasteiger partial charge on any atom is -0.373 e. The lowest BCUT2D eigenvalue weighted by Crippen LogP contribution is -2.44. The van der Waals surface area contributed by atoms with Crippen molar-refractivity contribution in [2.24, 2.45) is 5.41 Å². The molecule has 3 fully saturated rings. The number of nitriles is 1. The molecule has 1 amide bonds. The third-order valence-corrected chi connectivity index (χ3v) is 4.46. The first kappa shape index (κ1) is 11.9. The van der Waals surface area contributed by atoms with Gasteiger partial charge >= 0.3 is 0 Å². The first-order valence-corrected chi connectivity index (χ1v) is 6.75. The molecule has 0 aromatic heterocycles. The summed E-state index contributed by atoms with van der Waals surface area (Å²) in [5.41, 5.74) is -0.754. The number of rotatable bonds is 2. The van der Waals surface area contributed by atoms with E-state index in [2.05, 4.69) is 16.7 Å². The van der Waals surface area contributed by atoms with Gasteiger partial charge in [-0.1, -0.05) is 0 Å². The van der Waals surface area contributed by atoms with E-state index >= 15 is 0 Å². The first-order chi connectivity index (χ1) is 8.68. The number of amides is 1. The van der Waals surface area contributed by atoms with E-state index in [1.165, 1.54) is 0 Å². The first-order valence-electron chi connectivity index (χ1n) is 6.75. The molecule has 1 spiro atoms. The molecule has 0 aromatic rings. The van der Waals surface area contributed by atoms with Crippen LogP contribution in [0.4, 0.5) is 0 Å². The SMILES string of the molecule is N#CC1(C(=O)NC2COC3(CCNCC3)C2)CC1. The average molecular weight is 249 g/mol. The summed E-state index contributed by atoms with van der Waals surface area (Å²) in [6.45, 7) is 2.57. The third-order valence-electron chi connectivity index (χ3n) is 4.46. The Hall–Kier alpha value is -1.12. The van der Waals surface area contributed by atoms with Crippen LogP contribution in [0.5, 0.6) is 0 Å². The molecule has 98 valence electrons. The fraction of sp³-hybridized carbons (Fsp3) is 0.846. The topological polar surface area (TPSA) is 74.2 Å². The number of nitrogens with one attached hydrogen (secondary N) is 2. The Balaban J connectivity index is 1.56. The van der Waals surface area contributed by atoms with Gasteiger partial charge in [0.1, 0.15) is 5.41 Å². The third kappa shape index (κ3) is 2.00. The van der Waals surface area contributed by atoms with Gasteiger partial charge in [0.05, 0.1) is 24.3 Å². The normalized spacial score (nSPS) is 31.8. The van der Waals surface area contributed by atoms with Crippen LogP contribution in [0.2, 0.25) is 0 Å². The van der Waals surface area contributed by atoms with E-state index in [-0.39, 0.29) is 17.6 Å². The van der Waals surface area contributed by atoms with Crippen molar-refractivity contribution in [2.45, 2.75) is 43.7 Å². The number of carbonyl (C=O) groups excluding carboxylic acids is 1. The summed E-state index contributed by atoms with van der Waals surface area (Å²) in [6, 6.07) is 2.22. The lowest BCUT2D eigenvalue weighted by atomic mass is 9.88. The summed E-state index contributed by atoms with van der Waals surface area (Å²) in [5, 5.41) is 15.3. The van der Waals surface area contributed by atoms with Gasteiger partial charge in [-0.2, -0.15) is 5.26 Å².